The Hall–Kier alpha value is -2.90. The molecule has 8 nitrogen and oxygen atoms in total. The summed E-state index contributed by atoms with van der Waals surface area (Å²) in [5.41, 5.74) is -0.193. The van der Waals surface area contributed by atoms with Crippen LogP contribution in [0, 0.1) is 17.0 Å². The Bertz CT molecular complexity index is 693. The van der Waals surface area contributed by atoms with Gasteiger partial charge in [0.2, 0.25) is 5.69 Å². The van der Waals surface area contributed by atoms with Crippen LogP contribution in [0.5, 0.6) is 5.75 Å². The number of aryl methyl sites for hydroxylation is 2. The van der Waals surface area contributed by atoms with Crippen LogP contribution in [-0.4, -0.2) is 25.7 Å². The van der Waals surface area contributed by atoms with Crippen LogP contribution in [0.25, 0.3) is 0 Å². The van der Waals surface area contributed by atoms with Crippen LogP contribution in [0.1, 0.15) is 16.2 Å². The average Bonchev–Trinajstić information content (AvgIpc) is 2.67. The van der Waals surface area contributed by atoms with Crippen LogP contribution in [0.2, 0.25) is 0 Å². The summed E-state index contributed by atoms with van der Waals surface area (Å²) < 4.78 is 1.14. The number of para-hydroxylation sites is 2. The van der Waals surface area contributed by atoms with Crippen molar-refractivity contribution in [1.29, 1.82) is 0 Å². The molecule has 0 bridgehead atoms. The van der Waals surface area contributed by atoms with Crippen molar-refractivity contribution in [1.82, 2.24) is 9.78 Å². The van der Waals surface area contributed by atoms with E-state index < -0.39 is 10.8 Å². The second kappa shape index (κ2) is 5.00. The zero-order valence-corrected chi connectivity index (χ0v) is 10.8. The van der Waals surface area contributed by atoms with E-state index in [-0.39, 0.29) is 28.5 Å². The van der Waals surface area contributed by atoms with Gasteiger partial charge >= 0.3 is 5.69 Å². The zero-order valence-electron chi connectivity index (χ0n) is 10.8. The largest absolute Gasteiger partial charge is 0.506 e. The molecule has 0 aliphatic rings. The summed E-state index contributed by atoms with van der Waals surface area (Å²) in [5.74, 6) is -0.830. The number of anilines is 1. The Morgan fingerprint density at radius 3 is 2.70 bits per heavy atom. The first-order valence-corrected chi connectivity index (χ1v) is 5.69. The molecule has 0 unspecified atom stereocenters. The molecule has 0 aliphatic carbocycles. The predicted molar refractivity (Wildman–Crippen MR) is 70.7 cm³/mol. The Kier molecular flexibility index (Phi) is 3.38. The van der Waals surface area contributed by atoms with Crippen molar-refractivity contribution in [3.8, 4) is 5.75 Å². The van der Waals surface area contributed by atoms with E-state index in [1.807, 2.05) is 0 Å². The number of benzene rings is 1. The highest BCUT2D eigenvalue weighted by molar-refractivity contribution is 6.06. The standard InChI is InChI=1S/C12H12N4O4/c1-7-10(16(19)20)11(15(2)14-7)12(18)13-8-5-3-4-6-9(8)17/h3-6,17H,1-2H3,(H,13,18). The third kappa shape index (κ3) is 2.30. The summed E-state index contributed by atoms with van der Waals surface area (Å²) in [6.07, 6.45) is 0. The average molecular weight is 276 g/mol. The van der Waals surface area contributed by atoms with Gasteiger partial charge < -0.3 is 10.4 Å². The number of amides is 1. The third-order valence-electron chi connectivity index (χ3n) is 2.74. The van der Waals surface area contributed by atoms with E-state index in [0.717, 1.165) is 4.68 Å². The number of carbonyl (C=O) groups is 1. The quantitative estimate of drug-likeness (QED) is 0.502. The molecule has 2 rings (SSSR count). The topological polar surface area (TPSA) is 110 Å². The van der Waals surface area contributed by atoms with E-state index in [2.05, 4.69) is 10.4 Å². The third-order valence-corrected chi connectivity index (χ3v) is 2.74. The normalized spacial score (nSPS) is 10.3. The highest BCUT2D eigenvalue weighted by Gasteiger charge is 2.29. The predicted octanol–water partition coefficient (Wildman–Crippen LogP) is 1.59. The molecule has 0 saturated carbocycles. The van der Waals surface area contributed by atoms with Crippen molar-refractivity contribution < 1.29 is 14.8 Å². The summed E-state index contributed by atoms with van der Waals surface area (Å²) in [7, 11) is 1.44. The van der Waals surface area contributed by atoms with Crippen LogP contribution < -0.4 is 5.32 Å². The van der Waals surface area contributed by atoms with E-state index in [1.165, 1.54) is 26.1 Å². The van der Waals surface area contributed by atoms with Crippen LogP contribution in [0.15, 0.2) is 24.3 Å². The Morgan fingerprint density at radius 1 is 1.45 bits per heavy atom. The maximum Gasteiger partial charge on any atom is 0.322 e. The molecule has 1 amide bonds. The van der Waals surface area contributed by atoms with E-state index in [9.17, 15) is 20.0 Å². The number of carbonyl (C=O) groups excluding carboxylic acids is 1. The lowest BCUT2D eigenvalue weighted by atomic mass is 10.2. The lowest BCUT2D eigenvalue weighted by Crippen LogP contribution is -2.17. The molecule has 0 aliphatic heterocycles. The van der Waals surface area contributed by atoms with E-state index in [1.54, 1.807) is 12.1 Å². The van der Waals surface area contributed by atoms with Crippen molar-refractivity contribution in [3.63, 3.8) is 0 Å². The number of nitrogens with zero attached hydrogens (tertiary/aromatic N) is 3. The van der Waals surface area contributed by atoms with Gasteiger partial charge in [0.05, 0.1) is 10.6 Å². The van der Waals surface area contributed by atoms with Gasteiger partial charge in [0, 0.05) is 7.05 Å². The molecule has 0 radical (unpaired) electrons. The summed E-state index contributed by atoms with van der Waals surface area (Å²) in [5, 5.41) is 26.9. The molecule has 1 aromatic carbocycles. The maximum atomic E-state index is 12.1. The molecule has 0 atom stereocenters. The molecule has 0 spiro atoms. The van der Waals surface area contributed by atoms with Crippen molar-refractivity contribution in [2.24, 2.45) is 7.05 Å². The fourth-order valence-electron chi connectivity index (χ4n) is 1.88. The van der Waals surface area contributed by atoms with Gasteiger partial charge in [-0.2, -0.15) is 5.10 Å². The molecular weight excluding hydrogens is 264 g/mol. The monoisotopic (exact) mass is 276 g/mol. The number of nitro groups is 1. The summed E-state index contributed by atoms with van der Waals surface area (Å²) in [6, 6.07) is 6.11. The minimum absolute atomic E-state index is 0.123. The van der Waals surface area contributed by atoms with Gasteiger partial charge in [0.1, 0.15) is 11.4 Å². The Labute approximate surface area is 113 Å². The van der Waals surface area contributed by atoms with Crippen LogP contribution in [0.3, 0.4) is 0 Å². The van der Waals surface area contributed by atoms with Gasteiger partial charge in [-0.15, -0.1) is 0 Å². The number of phenols is 1. The van der Waals surface area contributed by atoms with E-state index >= 15 is 0 Å². The van der Waals surface area contributed by atoms with Gasteiger partial charge in [-0.1, -0.05) is 12.1 Å². The second-order valence-electron chi connectivity index (χ2n) is 4.13. The van der Waals surface area contributed by atoms with Crippen LogP contribution >= 0.6 is 0 Å². The lowest BCUT2D eigenvalue weighted by Gasteiger charge is -2.06. The molecule has 104 valence electrons. The molecule has 0 saturated heterocycles. The highest BCUT2D eigenvalue weighted by atomic mass is 16.6. The highest BCUT2D eigenvalue weighted by Crippen LogP contribution is 2.26. The summed E-state index contributed by atoms with van der Waals surface area (Å²) in [6.45, 7) is 1.45. The first-order valence-electron chi connectivity index (χ1n) is 5.69. The fraction of sp³-hybridized carbons (Fsp3) is 0.167. The number of rotatable bonds is 3. The van der Waals surface area contributed by atoms with Crippen LogP contribution in [0.4, 0.5) is 11.4 Å². The first kappa shape index (κ1) is 13.5. The molecule has 8 heteroatoms. The smallest absolute Gasteiger partial charge is 0.322 e. The number of hydrogen-bond acceptors (Lipinski definition) is 5. The van der Waals surface area contributed by atoms with Gasteiger partial charge in [0.15, 0.2) is 0 Å². The number of hydrogen-bond donors (Lipinski definition) is 2. The van der Waals surface area contributed by atoms with E-state index in [0.29, 0.717) is 0 Å². The number of phenolic OH excluding ortho intramolecular Hbond substituents is 1. The van der Waals surface area contributed by atoms with Gasteiger partial charge in [-0.25, -0.2) is 0 Å². The minimum Gasteiger partial charge on any atom is -0.506 e. The zero-order chi connectivity index (χ0) is 14.9. The fourth-order valence-corrected chi connectivity index (χ4v) is 1.88. The van der Waals surface area contributed by atoms with Gasteiger partial charge in [0.25, 0.3) is 5.91 Å². The van der Waals surface area contributed by atoms with Crippen molar-refractivity contribution in [3.05, 3.63) is 45.8 Å². The number of aromatic nitrogens is 2. The number of nitrogens with one attached hydrogen (secondary N) is 1. The lowest BCUT2D eigenvalue weighted by molar-refractivity contribution is -0.385. The maximum absolute atomic E-state index is 12.1. The molecule has 1 heterocycles. The van der Waals surface area contributed by atoms with Gasteiger partial charge in [-0.05, 0) is 19.1 Å². The van der Waals surface area contributed by atoms with Crippen molar-refractivity contribution in [2.45, 2.75) is 6.92 Å². The second-order valence-corrected chi connectivity index (χ2v) is 4.13. The molecule has 2 N–H and O–H groups in total. The molecule has 2 aromatic rings. The molecule has 1 aromatic heterocycles. The molecule has 0 fully saturated rings. The minimum atomic E-state index is -0.707. The number of aromatic hydroxyl groups is 1. The summed E-state index contributed by atoms with van der Waals surface area (Å²) >= 11 is 0. The molecule has 20 heavy (non-hydrogen) atoms. The van der Waals surface area contributed by atoms with Crippen molar-refractivity contribution in [2.75, 3.05) is 5.32 Å². The first-order chi connectivity index (χ1) is 9.41. The molecular formula is C12H12N4O4. The Morgan fingerprint density at radius 2 is 2.10 bits per heavy atom. The van der Waals surface area contributed by atoms with Crippen molar-refractivity contribution >= 4 is 17.3 Å². The van der Waals surface area contributed by atoms with E-state index in [4.69, 9.17) is 0 Å². The Balaban J connectivity index is 2.40. The SMILES string of the molecule is Cc1nn(C)c(C(=O)Nc2ccccc2O)c1[N+](=O)[O-]. The summed E-state index contributed by atoms with van der Waals surface area (Å²) in [4.78, 5) is 22.5. The van der Waals surface area contributed by atoms with Gasteiger partial charge in [-0.3, -0.25) is 19.6 Å². The van der Waals surface area contributed by atoms with Crippen LogP contribution in [-0.2, 0) is 7.05 Å².